The first-order valence-corrected chi connectivity index (χ1v) is 6.11. The number of hydrogen-bond acceptors (Lipinski definition) is 2. The molecule has 3 atom stereocenters. The van der Waals surface area contributed by atoms with E-state index < -0.39 is 28.6 Å². The summed E-state index contributed by atoms with van der Waals surface area (Å²) in [5, 5.41) is 8.30. The lowest BCUT2D eigenvalue weighted by Gasteiger charge is -2.14. The Labute approximate surface area is 89.9 Å². The molecule has 0 aliphatic heterocycles. The monoisotopic (exact) mass is 241 g/mol. The lowest BCUT2D eigenvalue weighted by Crippen LogP contribution is -2.28. The van der Waals surface area contributed by atoms with Crippen LogP contribution in [0.25, 0.3) is 0 Å². The topological polar surface area (TPSA) is 40.9 Å². The maximum Gasteiger partial charge on any atom is 0.405 e. The van der Waals surface area contributed by atoms with E-state index in [0.29, 0.717) is 0 Å². The van der Waals surface area contributed by atoms with E-state index in [9.17, 15) is 17.4 Å². The predicted molar refractivity (Wildman–Crippen MR) is 52.5 cm³/mol. The smallest absolute Gasteiger partial charge is 0.260 e. The van der Waals surface area contributed by atoms with E-state index in [0.717, 1.165) is 12.5 Å². The highest BCUT2D eigenvalue weighted by atomic mass is 32.2. The highest BCUT2D eigenvalue weighted by Gasteiger charge is 2.40. The van der Waals surface area contributed by atoms with Crippen molar-refractivity contribution in [1.29, 1.82) is 5.26 Å². The zero-order valence-corrected chi connectivity index (χ0v) is 9.49. The van der Waals surface area contributed by atoms with Gasteiger partial charge in [0.2, 0.25) is 0 Å². The van der Waals surface area contributed by atoms with Crippen LogP contribution in [0.5, 0.6) is 0 Å². The average molecular weight is 241 g/mol. The summed E-state index contributed by atoms with van der Waals surface area (Å²) in [6, 6.07) is 1.15. The zero-order valence-electron chi connectivity index (χ0n) is 8.67. The van der Waals surface area contributed by atoms with Crippen molar-refractivity contribution in [2.45, 2.75) is 26.4 Å². The molecule has 0 fully saturated rings. The van der Waals surface area contributed by atoms with Gasteiger partial charge in [-0.05, 0) is 5.92 Å². The van der Waals surface area contributed by atoms with Gasteiger partial charge in [-0.1, -0.05) is 20.3 Å². The summed E-state index contributed by atoms with van der Waals surface area (Å²) in [6.07, 6.45) is -3.80. The van der Waals surface area contributed by atoms with Gasteiger partial charge < -0.3 is 0 Å². The maximum absolute atomic E-state index is 12.1. The van der Waals surface area contributed by atoms with Gasteiger partial charge >= 0.3 is 6.18 Å². The van der Waals surface area contributed by atoms with Crippen molar-refractivity contribution in [3.05, 3.63) is 0 Å². The summed E-state index contributed by atoms with van der Waals surface area (Å²) < 4.78 is 47.7. The van der Waals surface area contributed by atoms with Gasteiger partial charge in [0.15, 0.2) is 5.92 Å². The van der Waals surface area contributed by atoms with Crippen LogP contribution in [0.2, 0.25) is 0 Å². The molecule has 3 unspecified atom stereocenters. The second kappa shape index (κ2) is 6.11. The fourth-order valence-corrected chi connectivity index (χ4v) is 2.54. The largest absolute Gasteiger partial charge is 0.405 e. The summed E-state index contributed by atoms with van der Waals surface area (Å²) in [4.78, 5) is 0. The number of halogens is 3. The van der Waals surface area contributed by atoms with Gasteiger partial charge in [0.05, 0.1) is 6.07 Å². The van der Waals surface area contributed by atoms with Gasteiger partial charge in [-0.2, -0.15) is 18.4 Å². The molecule has 88 valence electrons. The lowest BCUT2D eigenvalue weighted by atomic mass is 10.2. The summed E-state index contributed by atoms with van der Waals surface area (Å²) in [5.74, 6) is -2.37. The van der Waals surface area contributed by atoms with Crippen LogP contribution < -0.4 is 0 Å². The fourth-order valence-electron chi connectivity index (χ4n) is 0.894. The molecular weight excluding hydrogens is 227 g/mol. The Morgan fingerprint density at radius 3 is 2.27 bits per heavy atom. The summed E-state index contributed by atoms with van der Waals surface area (Å²) in [6.45, 7) is 3.71. The van der Waals surface area contributed by atoms with Gasteiger partial charge in [-0.15, -0.1) is 0 Å². The molecule has 2 nitrogen and oxygen atoms in total. The van der Waals surface area contributed by atoms with Crippen LogP contribution in [0.15, 0.2) is 0 Å². The lowest BCUT2D eigenvalue weighted by molar-refractivity contribution is -0.153. The molecular formula is C9H14F3NOS. The summed E-state index contributed by atoms with van der Waals surface area (Å²) >= 11 is 0. The average Bonchev–Trinajstić information content (AvgIpc) is 2.12. The van der Waals surface area contributed by atoms with Crippen LogP contribution in [0.3, 0.4) is 0 Å². The number of nitriles is 1. The van der Waals surface area contributed by atoms with E-state index in [1.165, 1.54) is 0 Å². The van der Waals surface area contributed by atoms with Crippen LogP contribution >= 0.6 is 0 Å². The van der Waals surface area contributed by atoms with Gasteiger partial charge in [0.1, 0.15) is 0 Å². The number of rotatable bonds is 5. The predicted octanol–water partition coefficient (Wildman–Crippen LogP) is 2.48. The minimum atomic E-state index is -4.57. The van der Waals surface area contributed by atoms with Crippen LogP contribution in [-0.2, 0) is 10.8 Å². The van der Waals surface area contributed by atoms with Crippen LogP contribution in [0, 0.1) is 23.2 Å². The molecule has 0 aliphatic rings. The van der Waals surface area contributed by atoms with Gasteiger partial charge in [0, 0.05) is 22.3 Å². The Kier molecular flexibility index (Phi) is 5.88. The van der Waals surface area contributed by atoms with Crippen molar-refractivity contribution in [3.63, 3.8) is 0 Å². The third-order valence-electron chi connectivity index (χ3n) is 2.07. The normalized spacial score (nSPS) is 17.9. The SMILES string of the molecule is CCC(C)CS(=O)CC(C#N)C(F)(F)F. The summed E-state index contributed by atoms with van der Waals surface area (Å²) in [7, 11) is -1.57. The number of alkyl halides is 3. The van der Waals surface area contributed by atoms with Crippen LogP contribution in [-0.4, -0.2) is 21.9 Å². The number of nitrogens with zero attached hydrogens (tertiary/aromatic N) is 1. The molecule has 6 heteroatoms. The Balaban J connectivity index is 4.22. The molecule has 15 heavy (non-hydrogen) atoms. The molecule has 0 aromatic carbocycles. The van der Waals surface area contributed by atoms with Gasteiger partial charge in [0.25, 0.3) is 0 Å². The zero-order chi connectivity index (χ0) is 12.1. The fraction of sp³-hybridized carbons (Fsp3) is 0.889. The van der Waals surface area contributed by atoms with E-state index in [2.05, 4.69) is 0 Å². The van der Waals surface area contributed by atoms with E-state index in [-0.39, 0.29) is 11.7 Å². The second-order valence-electron chi connectivity index (χ2n) is 3.51. The van der Waals surface area contributed by atoms with Gasteiger partial charge in [-0.3, -0.25) is 4.21 Å². The first kappa shape index (κ1) is 14.4. The third-order valence-corrected chi connectivity index (χ3v) is 3.72. The minimum Gasteiger partial charge on any atom is -0.260 e. The Morgan fingerprint density at radius 1 is 1.40 bits per heavy atom. The first-order chi connectivity index (χ1) is 6.81. The highest BCUT2D eigenvalue weighted by Crippen LogP contribution is 2.26. The molecule has 0 aromatic rings. The molecule has 0 saturated heterocycles. The Morgan fingerprint density at radius 2 is 1.93 bits per heavy atom. The molecule has 0 bridgehead atoms. The Hall–Kier alpha value is -0.570. The van der Waals surface area contributed by atoms with Crippen molar-refractivity contribution in [2.24, 2.45) is 11.8 Å². The van der Waals surface area contributed by atoms with Crippen molar-refractivity contribution in [1.82, 2.24) is 0 Å². The van der Waals surface area contributed by atoms with Gasteiger partial charge in [-0.25, -0.2) is 0 Å². The second-order valence-corrected chi connectivity index (χ2v) is 5.06. The van der Waals surface area contributed by atoms with Crippen molar-refractivity contribution in [3.8, 4) is 6.07 Å². The molecule has 0 heterocycles. The standard InChI is InChI=1S/C9H14F3NOS/c1-3-7(2)5-15(14)6-8(4-13)9(10,11)12/h7-8H,3,5-6H2,1-2H3. The maximum atomic E-state index is 12.1. The van der Waals surface area contributed by atoms with E-state index in [1.54, 1.807) is 0 Å². The van der Waals surface area contributed by atoms with Crippen molar-refractivity contribution >= 4 is 10.8 Å². The van der Waals surface area contributed by atoms with Crippen molar-refractivity contribution < 1.29 is 17.4 Å². The molecule has 0 saturated carbocycles. The summed E-state index contributed by atoms with van der Waals surface area (Å²) in [5.41, 5.74) is 0. The highest BCUT2D eigenvalue weighted by molar-refractivity contribution is 7.85. The van der Waals surface area contributed by atoms with E-state index in [4.69, 9.17) is 5.26 Å². The third kappa shape index (κ3) is 5.78. The number of hydrogen-bond donors (Lipinski definition) is 0. The molecule has 0 N–H and O–H groups in total. The first-order valence-electron chi connectivity index (χ1n) is 4.62. The molecule has 0 aromatic heterocycles. The molecule has 0 spiro atoms. The van der Waals surface area contributed by atoms with Crippen molar-refractivity contribution in [2.75, 3.05) is 11.5 Å². The molecule has 0 rings (SSSR count). The van der Waals surface area contributed by atoms with Crippen LogP contribution in [0.4, 0.5) is 13.2 Å². The van der Waals surface area contributed by atoms with E-state index >= 15 is 0 Å². The molecule has 0 amide bonds. The van der Waals surface area contributed by atoms with E-state index in [1.807, 2.05) is 13.8 Å². The Bertz CT molecular complexity index is 259. The minimum absolute atomic E-state index is 0.124. The van der Waals surface area contributed by atoms with Crippen LogP contribution in [0.1, 0.15) is 20.3 Å². The molecule has 0 aliphatic carbocycles. The quantitative estimate of drug-likeness (QED) is 0.742. The molecule has 0 radical (unpaired) electrons.